The number of fused-ring (bicyclic) bond motifs is 1. The van der Waals surface area contributed by atoms with Crippen LogP contribution < -0.4 is 0 Å². The van der Waals surface area contributed by atoms with E-state index in [-0.39, 0.29) is 11.3 Å². The van der Waals surface area contributed by atoms with Crippen LogP contribution in [0.1, 0.15) is 23.4 Å². The van der Waals surface area contributed by atoms with Gasteiger partial charge in [-0.05, 0) is 30.4 Å². The Morgan fingerprint density at radius 3 is 2.88 bits per heavy atom. The summed E-state index contributed by atoms with van der Waals surface area (Å²) in [6, 6.07) is 2.01. The van der Waals surface area contributed by atoms with E-state index in [1.807, 2.05) is 18.4 Å². The lowest BCUT2D eigenvalue weighted by atomic mass is 10.0. The largest absolute Gasteiger partial charge is 0.378 e. The number of sulfonamides is 1. The van der Waals surface area contributed by atoms with Gasteiger partial charge in [0.05, 0.1) is 13.2 Å². The second-order valence-electron chi connectivity index (χ2n) is 4.54. The molecular weight excluding hydrogens is 258 g/mol. The van der Waals surface area contributed by atoms with E-state index in [9.17, 15) is 8.42 Å². The van der Waals surface area contributed by atoms with E-state index in [1.165, 1.54) is 10.4 Å². The first-order valence-electron chi connectivity index (χ1n) is 5.75. The number of hydrogen-bond donors (Lipinski definition) is 0. The predicted octanol–water partition coefficient (Wildman–Crippen LogP) is 1.40. The molecule has 2 aliphatic heterocycles. The highest BCUT2D eigenvalue weighted by Crippen LogP contribution is 2.36. The van der Waals surface area contributed by atoms with Crippen LogP contribution in [0.2, 0.25) is 0 Å². The molecule has 2 aliphatic rings. The third-order valence-electron chi connectivity index (χ3n) is 3.58. The van der Waals surface area contributed by atoms with Crippen LogP contribution in [0.25, 0.3) is 0 Å². The SMILES string of the molecule is CC1c2ccsc2CCN1S(=O)(=O)C1COC1. The zero-order chi connectivity index (χ0) is 12.0. The third-order valence-corrected chi connectivity index (χ3v) is 6.84. The van der Waals surface area contributed by atoms with Crippen molar-refractivity contribution in [1.82, 2.24) is 4.31 Å². The molecule has 1 saturated heterocycles. The monoisotopic (exact) mass is 273 g/mol. The Morgan fingerprint density at radius 1 is 1.47 bits per heavy atom. The minimum atomic E-state index is -3.18. The molecule has 0 N–H and O–H groups in total. The molecule has 1 aromatic heterocycles. The first kappa shape index (κ1) is 11.6. The van der Waals surface area contributed by atoms with Crippen LogP contribution >= 0.6 is 11.3 Å². The van der Waals surface area contributed by atoms with Crippen molar-refractivity contribution < 1.29 is 13.2 Å². The molecule has 1 aromatic rings. The minimum absolute atomic E-state index is 0.0319. The van der Waals surface area contributed by atoms with Crippen molar-refractivity contribution in [2.45, 2.75) is 24.6 Å². The number of ether oxygens (including phenoxy) is 1. The van der Waals surface area contributed by atoms with E-state index in [2.05, 4.69) is 0 Å². The molecule has 3 heterocycles. The van der Waals surface area contributed by atoms with Crippen molar-refractivity contribution in [2.24, 2.45) is 0 Å². The van der Waals surface area contributed by atoms with E-state index >= 15 is 0 Å². The van der Waals surface area contributed by atoms with Crippen LogP contribution in [0.3, 0.4) is 0 Å². The van der Waals surface area contributed by atoms with Gasteiger partial charge in [0.1, 0.15) is 5.25 Å². The van der Waals surface area contributed by atoms with Crippen molar-refractivity contribution in [3.63, 3.8) is 0 Å². The maximum Gasteiger partial charge on any atom is 0.222 e. The maximum absolute atomic E-state index is 12.4. The van der Waals surface area contributed by atoms with Crippen molar-refractivity contribution in [1.29, 1.82) is 0 Å². The summed E-state index contributed by atoms with van der Waals surface area (Å²) in [5.74, 6) is 0. The van der Waals surface area contributed by atoms with Gasteiger partial charge in [0.2, 0.25) is 10.0 Å². The Labute approximate surface area is 105 Å². The molecule has 1 unspecified atom stereocenters. The molecule has 0 bridgehead atoms. The minimum Gasteiger partial charge on any atom is -0.378 e. The van der Waals surface area contributed by atoms with Gasteiger partial charge >= 0.3 is 0 Å². The smallest absolute Gasteiger partial charge is 0.222 e. The molecule has 1 fully saturated rings. The second kappa shape index (κ2) is 4.05. The lowest BCUT2D eigenvalue weighted by Crippen LogP contribution is -2.50. The standard InChI is InChI=1S/C11H15NO3S2/c1-8-10-3-5-16-11(10)2-4-12(8)17(13,14)9-6-15-7-9/h3,5,8-9H,2,4,6-7H2,1H3. The normalized spacial score (nSPS) is 26.5. The Hall–Kier alpha value is -0.430. The number of rotatable bonds is 2. The van der Waals surface area contributed by atoms with Crippen molar-refractivity contribution in [3.05, 3.63) is 21.9 Å². The van der Waals surface area contributed by atoms with Gasteiger partial charge in [0, 0.05) is 17.5 Å². The van der Waals surface area contributed by atoms with Crippen LogP contribution in [0.5, 0.6) is 0 Å². The van der Waals surface area contributed by atoms with Gasteiger partial charge < -0.3 is 4.74 Å². The zero-order valence-electron chi connectivity index (χ0n) is 9.63. The molecule has 0 saturated carbocycles. The number of hydrogen-bond acceptors (Lipinski definition) is 4. The summed E-state index contributed by atoms with van der Waals surface area (Å²) in [5, 5.41) is 1.72. The summed E-state index contributed by atoms with van der Waals surface area (Å²) in [5.41, 5.74) is 1.17. The number of thiophene rings is 1. The molecule has 1 atom stereocenters. The summed E-state index contributed by atoms with van der Waals surface area (Å²) >= 11 is 1.72. The van der Waals surface area contributed by atoms with Gasteiger partial charge in [-0.1, -0.05) is 0 Å². The highest BCUT2D eigenvalue weighted by molar-refractivity contribution is 7.89. The predicted molar refractivity (Wildman–Crippen MR) is 66.7 cm³/mol. The van der Waals surface area contributed by atoms with Gasteiger partial charge in [-0.15, -0.1) is 11.3 Å². The van der Waals surface area contributed by atoms with Gasteiger partial charge in [0.25, 0.3) is 0 Å². The van der Waals surface area contributed by atoms with Crippen LogP contribution in [-0.2, 0) is 21.2 Å². The topological polar surface area (TPSA) is 46.6 Å². The molecule has 94 valence electrons. The van der Waals surface area contributed by atoms with E-state index in [0.717, 1.165) is 6.42 Å². The zero-order valence-corrected chi connectivity index (χ0v) is 11.3. The third kappa shape index (κ3) is 1.74. The maximum atomic E-state index is 12.4. The first-order valence-corrected chi connectivity index (χ1v) is 8.13. The molecule has 17 heavy (non-hydrogen) atoms. The Kier molecular flexibility index (Phi) is 2.77. The van der Waals surface area contributed by atoms with Crippen molar-refractivity contribution in [3.8, 4) is 0 Å². The van der Waals surface area contributed by atoms with Gasteiger partial charge in [-0.2, -0.15) is 4.31 Å². The fourth-order valence-corrected chi connectivity index (χ4v) is 5.19. The van der Waals surface area contributed by atoms with Crippen LogP contribution in [0, 0.1) is 0 Å². The molecule has 0 spiro atoms. The van der Waals surface area contributed by atoms with E-state index in [1.54, 1.807) is 15.6 Å². The lowest BCUT2D eigenvalue weighted by Gasteiger charge is -2.37. The molecule has 0 aromatic carbocycles. The Bertz CT molecular complexity index is 519. The summed E-state index contributed by atoms with van der Waals surface area (Å²) in [6.45, 7) is 3.28. The fraction of sp³-hybridized carbons (Fsp3) is 0.636. The summed E-state index contributed by atoms with van der Waals surface area (Å²) in [7, 11) is -3.18. The van der Waals surface area contributed by atoms with Gasteiger partial charge in [-0.25, -0.2) is 8.42 Å². The molecule has 6 heteroatoms. The summed E-state index contributed by atoms with van der Waals surface area (Å²) in [4.78, 5) is 1.33. The van der Waals surface area contributed by atoms with Crippen LogP contribution in [0.15, 0.2) is 11.4 Å². The Balaban J connectivity index is 1.91. The quantitative estimate of drug-likeness (QED) is 0.818. The van der Waals surface area contributed by atoms with E-state index < -0.39 is 10.0 Å². The highest BCUT2D eigenvalue weighted by atomic mass is 32.2. The molecular formula is C11H15NO3S2. The summed E-state index contributed by atoms with van der Waals surface area (Å²) < 4.78 is 31.4. The van der Waals surface area contributed by atoms with Crippen LogP contribution in [0.4, 0.5) is 0 Å². The van der Waals surface area contributed by atoms with Crippen LogP contribution in [-0.4, -0.2) is 37.7 Å². The Morgan fingerprint density at radius 2 is 2.24 bits per heavy atom. The van der Waals surface area contributed by atoms with Gasteiger partial charge in [0.15, 0.2) is 0 Å². The first-order chi connectivity index (χ1) is 8.10. The second-order valence-corrected chi connectivity index (χ2v) is 7.71. The lowest BCUT2D eigenvalue weighted by molar-refractivity contribution is 0.0384. The molecule has 3 rings (SSSR count). The van der Waals surface area contributed by atoms with Gasteiger partial charge in [-0.3, -0.25) is 0 Å². The molecule has 4 nitrogen and oxygen atoms in total. The number of nitrogens with zero attached hydrogens (tertiary/aromatic N) is 1. The molecule has 0 amide bonds. The molecule has 0 radical (unpaired) electrons. The fourth-order valence-electron chi connectivity index (χ4n) is 2.41. The average Bonchev–Trinajstić information content (AvgIpc) is 2.62. The molecule has 0 aliphatic carbocycles. The van der Waals surface area contributed by atoms with Crippen molar-refractivity contribution in [2.75, 3.05) is 19.8 Å². The van der Waals surface area contributed by atoms with E-state index in [4.69, 9.17) is 4.74 Å². The summed E-state index contributed by atoms with van der Waals surface area (Å²) in [6.07, 6.45) is 0.837. The average molecular weight is 273 g/mol. The van der Waals surface area contributed by atoms with Crippen molar-refractivity contribution >= 4 is 21.4 Å². The van der Waals surface area contributed by atoms with E-state index in [0.29, 0.717) is 19.8 Å². The highest BCUT2D eigenvalue weighted by Gasteiger charge is 2.41.